The Labute approximate surface area is 240 Å². The number of hydrogen-bond donors (Lipinski definition) is 2. The van der Waals surface area contributed by atoms with Crippen LogP contribution in [0.4, 0.5) is 17.3 Å². The van der Waals surface area contributed by atoms with Crippen LogP contribution >= 0.6 is 0 Å². The second-order valence-corrected chi connectivity index (χ2v) is 23.8. The van der Waals surface area contributed by atoms with E-state index in [1.165, 1.54) is 6.33 Å². The molecule has 3 aliphatic rings. The van der Waals surface area contributed by atoms with Gasteiger partial charge in [0.2, 0.25) is 0 Å². The molecule has 4 heterocycles. The lowest BCUT2D eigenvalue weighted by atomic mass is 10.1. The minimum Gasteiger partial charge on any atom is -0.411 e. The first kappa shape index (κ1) is 29.2. The lowest BCUT2D eigenvalue weighted by molar-refractivity contribution is -0.0924. The number of carbonyl (C=O) groups excluding carboxylic acids is 1. The highest BCUT2D eigenvalue weighted by Crippen LogP contribution is 2.51. The second kappa shape index (κ2) is 9.90. The summed E-state index contributed by atoms with van der Waals surface area (Å²) < 4.78 is 20.9. The summed E-state index contributed by atoms with van der Waals surface area (Å²) in [5.74, 6) is 0.941. The Morgan fingerprint density at radius 3 is 2.25 bits per heavy atom. The van der Waals surface area contributed by atoms with Gasteiger partial charge < -0.3 is 29.1 Å². The number of anilines is 3. The Bertz CT molecular complexity index is 1260. The topological polar surface area (TPSA) is 97.8 Å². The van der Waals surface area contributed by atoms with Gasteiger partial charge in [-0.15, -0.1) is 0 Å². The molecule has 0 aliphatic carbocycles. The van der Waals surface area contributed by atoms with Crippen LogP contribution in [0, 0.1) is 0 Å². The smallest absolute Gasteiger partial charge is 0.256 e. The summed E-state index contributed by atoms with van der Waals surface area (Å²) in [7, 11) is -4.26. The Morgan fingerprint density at radius 2 is 1.62 bits per heavy atom. The van der Waals surface area contributed by atoms with Crippen molar-refractivity contribution in [1.29, 1.82) is 0 Å². The van der Waals surface area contributed by atoms with Gasteiger partial charge >= 0.3 is 0 Å². The average molecular weight is 584 g/mol. The minimum absolute atomic E-state index is 0.0170. The van der Waals surface area contributed by atoms with Gasteiger partial charge in [0.1, 0.15) is 36.6 Å². The van der Waals surface area contributed by atoms with Crippen LogP contribution in [0.25, 0.3) is 0 Å². The molecule has 0 radical (unpaired) electrons. The largest absolute Gasteiger partial charge is 0.411 e. The van der Waals surface area contributed by atoms with Crippen LogP contribution in [-0.2, 0) is 13.6 Å². The van der Waals surface area contributed by atoms with Gasteiger partial charge in [-0.2, -0.15) is 0 Å². The van der Waals surface area contributed by atoms with Crippen LogP contribution in [0.2, 0.25) is 36.3 Å². The number of rotatable bonds is 6. The molecule has 0 saturated carbocycles. The molecule has 2 aromatic rings. The fraction of sp³-hybridized carbons (Fsp3) is 0.621. The van der Waals surface area contributed by atoms with Crippen molar-refractivity contribution in [2.75, 3.05) is 15.5 Å². The molecule has 40 heavy (non-hydrogen) atoms. The molecule has 1 amide bonds. The average Bonchev–Trinajstić information content (AvgIpc) is 3.41. The molecule has 1 aromatic heterocycles. The molecular formula is C29H45N5O4Si2. The predicted octanol–water partition coefficient (Wildman–Crippen LogP) is 6.20. The number of nitrogens with zero attached hydrogens (tertiary/aromatic N) is 3. The zero-order valence-electron chi connectivity index (χ0n) is 25.5. The number of benzene rings is 1. The van der Waals surface area contributed by atoms with Crippen LogP contribution in [0.5, 0.6) is 0 Å². The van der Waals surface area contributed by atoms with Gasteiger partial charge in [-0.1, -0.05) is 59.7 Å². The Morgan fingerprint density at radius 1 is 1.00 bits per heavy atom. The maximum atomic E-state index is 13.0. The van der Waals surface area contributed by atoms with Gasteiger partial charge in [-0.25, -0.2) is 9.97 Å². The van der Waals surface area contributed by atoms with Crippen molar-refractivity contribution in [2.45, 2.75) is 115 Å². The predicted molar refractivity (Wildman–Crippen MR) is 164 cm³/mol. The molecule has 11 heteroatoms. The first-order chi connectivity index (χ1) is 18.5. The quantitative estimate of drug-likeness (QED) is 0.388. The highest BCUT2D eigenvalue weighted by atomic mass is 28.4. The van der Waals surface area contributed by atoms with E-state index in [-0.39, 0.29) is 46.7 Å². The van der Waals surface area contributed by atoms with Crippen LogP contribution in [0.3, 0.4) is 0 Å². The van der Waals surface area contributed by atoms with E-state index in [4.69, 9.17) is 13.6 Å². The molecule has 3 aliphatic heterocycles. The van der Waals surface area contributed by atoms with E-state index in [0.29, 0.717) is 22.9 Å². The second-order valence-electron chi connectivity index (χ2n) is 14.3. The van der Waals surface area contributed by atoms with E-state index in [2.05, 4.69) is 93.2 Å². The number of hydrogen-bond acceptors (Lipinski definition) is 8. The normalized spacial score (nSPS) is 26.2. The number of fused-ring (bicyclic) bond motifs is 6. The lowest BCUT2D eigenvalue weighted by Gasteiger charge is -2.48. The van der Waals surface area contributed by atoms with Crippen molar-refractivity contribution in [2.24, 2.45) is 0 Å². The van der Waals surface area contributed by atoms with Crippen molar-refractivity contribution in [3.8, 4) is 0 Å². The van der Waals surface area contributed by atoms with Gasteiger partial charge in [0.25, 0.3) is 5.91 Å². The van der Waals surface area contributed by atoms with Crippen molar-refractivity contribution < 1.29 is 18.4 Å². The third kappa shape index (κ3) is 5.11. The van der Waals surface area contributed by atoms with Crippen LogP contribution in [0.15, 0.2) is 36.7 Å². The van der Waals surface area contributed by atoms with Crippen molar-refractivity contribution in [3.63, 3.8) is 0 Å². The molecular weight excluding hydrogens is 539 g/mol. The summed E-state index contributed by atoms with van der Waals surface area (Å²) in [5.41, 5.74) is 1.26. The molecule has 5 atom stereocenters. The number of ether oxygens (including phenoxy) is 1. The molecule has 2 N–H and O–H groups in total. The number of carbonyl (C=O) groups is 1. The first-order valence-corrected chi connectivity index (χ1v) is 20.1. The van der Waals surface area contributed by atoms with Crippen LogP contribution in [-0.4, -0.2) is 63.2 Å². The highest BCUT2D eigenvalue weighted by Gasteiger charge is 2.60. The third-order valence-corrected chi connectivity index (χ3v) is 18.5. The summed E-state index contributed by atoms with van der Waals surface area (Å²) in [6, 6.07) is 9.14. The van der Waals surface area contributed by atoms with E-state index in [0.717, 1.165) is 6.42 Å². The standard InChI is InChI=1S/C29H45N5O4Si2/c1-28(2,3)39(7,8)37-19-16-20-34-25-21(24(30-17-31-25)33-27(35)18-14-12-11-13-15-18)32-26(34)23(22(19)36-20)38-40(9,10)29(4,5)6/h11-15,17,19-20,22-23,26,32H,16H2,1-10H3,(H,30,31,33,35)/t19-,20+,22-,23+,26+/m0/s1. The summed E-state index contributed by atoms with van der Waals surface area (Å²) in [4.78, 5) is 24.3. The number of aromatic nitrogens is 2. The van der Waals surface area contributed by atoms with Crippen LogP contribution < -0.4 is 15.5 Å². The van der Waals surface area contributed by atoms with Crippen LogP contribution in [0.1, 0.15) is 58.3 Å². The zero-order chi connectivity index (χ0) is 29.3. The molecule has 0 unspecified atom stereocenters. The zero-order valence-corrected chi connectivity index (χ0v) is 27.5. The van der Waals surface area contributed by atoms with E-state index in [1.807, 2.05) is 18.2 Å². The third-order valence-electron chi connectivity index (χ3n) is 9.48. The fourth-order valence-electron chi connectivity index (χ4n) is 5.10. The van der Waals surface area contributed by atoms with E-state index >= 15 is 0 Å². The van der Waals surface area contributed by atoms with E-state index < -0.39 is 16.6 Å². The molecule has 0 spiro atoms. The van der Waals surface area contributed by atoms with Gasteiger partial charge in [-0.3, -0.25) is 4.79 Å². The van der Waals surface area contributed by atoms with Crippen molar-refractivity contribution in [1.82, 2.24) is 9.97 Å². The maximum Gasteiger partial charge on any atom is 0.256 e. The number of amides is 1. The van der Waals surface area contributed by atoms with E-state index in [9.17, 15) is 4.79 Å². The summed E-state index contributed by atoms with van der Waals surface area (Å²) in [6.45, 7) is 22.7. The summed E-state index contributed by atoms with van der Waals surface area (Å²) >= 11 is 0. The summed E-state index contributed by atoms with van der Waals surface area (Å²) in [6.07, 6.45) is 1.21. The Kier molecular flexibility index (Phi) is 7.22. The van der Waals surface area contributed by atoms with Gasteiger partial charge in [0.15, 0.2) is 28.3 Å². The monoisotopic (exact) mass is 583 g/mol. The minimum atomic E-state index is -2.20. The Balaban J connectivity index is 1.49. The highest BCUT2D eigenvalue weighted by molar-refractivity contribution is 6.74. The first-order valence-electron chi connectivity index (χ1n) is 14.3. The molecule has 218 valence electrons. The van der Waals surface area contributed by atoms with Gasteiger partial charge in [0, 0.05) is 12.0 Å². The Hall–Kier alpha value is -2.32. The van der Waals surface area contributed by atoms with Crippen molar-refractivity contribution in [3.05, 3.63) is 42.2 Å². The van der Waals surface area contributed by atoms with Gasteiger partial charge in [-0.05, 0) is 48.4 Å². The molecule has 5 rings (SSSR count). The van der Waals surface area contributed by atoms with E-state index in [1.54, 1.807) is 12.1 Å². The maximum absolute atomic E-state index is 13.0. The molecule has 2 fully saturated rings. The lowest BCUT2D eigenvalue weighted by Crippen LogP contribution is -2.63. The van der Waals surface area contributed by atoms with Crippen molar-refractivity contribution >= 4 is 39.9 Å². The molecule has 1 aromatic carbocycles. The summed E-state index contributed by atoms with van der Waals surface area (Å²) in [5, 5.41) is 6.74. The fourth-order valence-corrected chi connectivity index (χ4v) is 7.74. The SMILES string of the molecule is CC(C)(C)[Si](C)(C)O[C@@H]1[C@H]2O[C@H](C[C@@H]2O[Si](C)(C)C(C)(C)C)N2c3ncnc(NC(=O)c4ccccc4)c3N[C@@H]12. The van der Waals surface area contributed by atoms with Gasteiger partial charge in [0.05, 0.1) is 6.10 Å². The molecule has 9 nitrogen and oxygen atoms in total. The molecule has 2 saturated heterocycles. The number of nitrogens with one attached hydrogen (secondary N) is 2. The molecule has 2 bridgehead atoms.